The molecule has 2 heterocycles. The van der Waals surface area contributed by atoms with E-state index >= 15 is 0 Å². The Kier molecular flexibility index (Phi) is 5.36. The molecule has 0 unspecified atom stereocenters. The average Bonchev–Trinajstić information content (AvgIpc) is 2.58. The van der Waals surface area contributed by atoms with Crippen molar-refractivity contribution in [2.75, 3.05) is 47.9 Å². The molecule has 2 saturated heterocycles. The smallest absolute Gasteiger partial charge is 0.321 e. The minimum absolute atomic E-state index is 0.0436. The van der Waals surface area contributed by atoms with Crippen molar-refractivity contribution in [2.24, 2.45) is 5.92 Å². The average molecular weight is 334 g/mol. The Bertz CT molecular complexity index is 549. The number of anilines is 2. The number of amides is 2. The summed E-state index contributed by atoms with van der Waals surface area (Å²) in [5.74, 6) is 3.14. The van der Waals surface area contributed by atoms with Crippen LogP contribution >= 0.6 is 11.8 Å². The van der Waals surface area contributed by atoms with Gasteiger partial charge in [0.15, 0.2) is 0 Å². The van der Waals surface area contributed by atoms with Crippen LogP contribution in [0.25, 0.3) is 0 Å². The molecule has 126 valence electrons. The lowest BCUT2D eigenvalue weighted by Crippen LogP contribution is -2.40. The van der Waals surface area contributed by atoms with E-state index < -0.39 is 0 Å². The number of hydrogen-bond donors (Lipinski definition) is 1. The molecular weight excluding hydrogens is 306 g/mol. The topological polar surface area (TPSA) is 35.6 Å². The molecule has 2 aliphatic rings. The van der Waals surface area contributed by atoms with Crippen LogP contribution in [-0.2, 0) is 0 Å². The van der Waals surface area contributed by atoms with Crippen LogP contribution in [0.5, 0.6) is 0 Å². The van der Waals surface area contributed by atoms with Gasteiger partial charge in [0.1, 0.15) is 0 Å². The maximum absolute atomic E-state index is 12.4. The van der Waals surface area contributed by atoms with Gasteiger partial charge in [-0.2, -0.15) is 11.8 Å². The standard InChI is InChI=1S/C18H27N3OS/c1-14-5-7-21(8-6-14)18(22)19-17-4-3-16(13-15(17)2)20-9-11-23-12-10-20/h3-4,13-14H,5-12H2,1-2H3,(H,19,22). The van der Waals surface area contributed by atoms with E-state index in [1.165, 1.54) is 17.2 Å². The van der Waals surface area contributed by atoms with Crippen molar-refractivity contribution in [3.8, 4) is 0 Å². The van der Waals surface area contributed by atoms with Crippen molar-refractivity contribution < 1.29 is 4.79 Å². The summed E-state index contributed by atoms with van der Waals surface area (Å²) in [6, 6.07) is 6.43. The van der Waals surface area contributed by atoms with Crippen molar-refractivity contribution in [2.45, 2.75) is 26.7 Å². The maximum Gasteiger partial charge on any atom is 0.321 e. The molecule has 0 radical (unpaired) electrons. The van der Waals surface area contributed by atoms with Crippen molar-refractivity contribution in [3.63, 3.8) is 0 Å². The molecule has 4 nitrogen and oxygen atoms in total. The fourth-order valence-electron chi connectivity index (χ4n) is 3.21. The van der Waals surface area contributed by atoms with Crippen molar-refractivity contribution in [1.29, 1.82) is 0 Å². The van der Waals surface area contributed by atoms with Crippen LogP contribution in [0.2, 0.25) is 0 Å². The molecule has 1 N–H and O–H groups in total. The summed E-state index contributed by atoms with van der Waals surface area (Å²) in [5, 5.41) is 3.09. The summed E-state index contributed by atoms with van der Waals surface area (Å²) in [7, 11) is 0. The van der Waals surface area contributed by atoms with E-state index in [0.717, 1.165) is 56.2 Å². The second-order valence-electron chi connectivity index (χ2n) is 6.70. The highest BCUT2D eigenvalue weighted by Crippen LogP contribution is 2.25. The first-order valence-electron chi connectivity index (χ1n) is 8.63. The Morgan fingerprint density at radius 1 is 1.17 bits per heavy atom. The lowest BCUT2D eigenvalue weighted by atomic mass is 10.00. The zero-order chi connectivity index (χ0) is 16.2. The van der Waals surface area contributed by atoms with Gasteiger partial charge in [-0.25, -0.2) is 4.79 Å². The molecule has 1 aromatic rings. The van der Waals surface area contributed by atoms with Gasteiger partial charge >= 0.3 is 6.03 Å². The number of thioether (sulfide) groups is 1. The van der Waals surface area contributed by atoms with E-state index in [4.69, 9.17) is 0 Å². The van der Waals surface area contributed by atoms with Gasteiger partial charge in [0.05, 0.1) is 0 Å². The van der Waals surface area contributed by atoms with Crippen LogP contribution in [0.3, 0.4) is 0 Å². The number of carbonyl (C=O) groups excluding carboxylic acids is 1. The molecule has 3 rings (SSSR count). The first-order valence-corrected chi connectivity index (χ1v) is 9.78. The molecule has 0 aliphatic carbocycles. The van der Waals surface area contributed by atoms with Gasteiger partial charge in [-0.15, -0.1) is 0 Å². The minimum atomic E-state index is 0.0436. The van der Waals surface area contributed by atoms with Crippen molar-refractivity contribution in [3.05, 3.63) is 23.8 Å². The highest BCUT2D eigenvalue weighted by Gasteiger charge is 2.21. The Morgan fingerprint density at radius 3 is 2.52 bits per heavy atom. The molecule has 2 aliphatic heterocycles. The lowest BCUT2D eigenvalue weighted by molar-refractivity contribution is 0.186. The van der Waals surface area contributed by atoms with E-state index in [1.54, 1.807) is 0 Å². The Balaban J connectivity index is 1.62. The van der Waals surface area contributed by atoms with Crippen LogP contribution in [0.1, 0.15) is 25.3 Å². The molecular formula is C18H27N3OS. The van der Waals surface area contributed by atoms with Crippen LogP contribution in [0, 0.1) is 12.8 Å². The largest absolute Gasteiger partial charge is 0.370 e. The normalized spacial score (nSPS) is 19.7. The third kappa shape index (κ3) is 4.14. The number of hydrogen-bond acceptors (Lipinski definition) is 3. The highest BCUT2D eigenvalue weighted by molar-refractivity contribution is 7.99. The van der Waals surface area contributed by atoms with Crippen LogP contribution in [-0.4, -0.2) is 48.6 Å². The third-order valence-corrected chi connectivity index (χ3v) is 5.84. The summed E-state index contributed by atoms with van der Waals surface area (Å²) < 4.78 is 0. The summed E-state index contributed by atoms with van der Waals surface area (Å²) >= 11 is 2.02. The maximum atomic E-state index is 12.4. The quantitative estimate of drug-likeness (QED) is 0.894. The number of nitrogens with one attached hydrogen (secondary N) is 1. The second-order valence-corrected chi connectivity index (χ2v) is 7.92. The first-order chi connectivity index (χ1) is 11.1. The van der Waals surface area contributed by atoms with Gasteiger partial charge < -0.3 is 15.1 Å². The number of urea groups is 1. The van der Waals surface area contributed by atoms with Gasteiger partial charge in [-0.1, -0.05) is 6.92 Å². The van der Waals surface area contributed by atoms with E-state index in [0.29, 0.717) is 0 Å². The van der Waals surface area contributed by atoms with Gasteiger partial charge in [-0.3, -0.25) is 0 Å². The van der Waals surface area contributed by atoms with Crippen LogP contribution in [0.4, 0.5) is 16.2 Å². The third-order valence-electron chi connectivity index (χ3n) is 4.90. The van der Waals surface area contributed by atoms with E-state index in [2.05, 4.69) is 42.3 Å². The Labute approximate surface area is 143 Å². The summed E-state index contributed by atoms with van der Waals surface area (Å²) in [5.41, 5.74) is 3.34. The molecule has 2 fully saturated rings. The Hall–Kier alpha value is -1.36. The number of nitrogens with zero attached hydrogens (tertiary/aromatic N) is 2. The first kappa shape index (κ1) is 16.5. The number of piperidine rings is 1. The fraction of sp³-hybridized carbons (Fsp3) is 0.611. The van der Waals surface area contributed by atoms with Crippen LogP contribution < -0.4 is 10.2 Å². The van der Waals surface area contributed by atoms with Crippen molar-refractivity contribution in [1.82, 2.24) is 4.90 Å². The number of likely N-dealkylation sites (tertiary alicyclic amines) is 1. The van der Waals surface area contributed by atoms with E-state index in [9.17, 15) is 4.79 Å². The molecule has 0 atom stereocenters. The fourth-order valence-corrected chi connectivity index (χ4v) is 4.12. The van der Waals surface area contributed by atoms with Gasteiger partial charge in [0.2, 0.25) is 0 Å². The molecule has 0 spiro atoms. The Morgan fingerprint density at radius 2 is 1.87 bits per heavy atom. The number of benzene rings is 1. The number of aryl methyl sites for hydroxylation is 1. The second kappa shape index (κ2) is 7.47. The zero-order valence-corrected chi connectivity index (χ0v) is 15.0. The predicted octanol–water partition coefficient (Wildman–Crippen LogP) is 3.81. The van der Waals surface area contributed by atoms with Gasteiger partial charge in [0.25, 0.3) is 0 Å². The molecule has 0 aromatic heterocycles. The lowest BCUT2D eigenvalue weighted by Gasteiger charge is -2.31. The summed E-state index contributed by atoms with van der Waals surface area (Å²) in [6.07, 6.45) is 2.22. The number of rotatable bonds is 2. The van der Waals surface area contributed by atoms with Gasteiger partial charge in [0, 0.05) is 49.1 Å². The monoisotopic (exact) mass is 333 g/mol. The molecule has 0 bridgehead atoms. The summed E-state index contributed by atoms with van der Waals surface area (Å²) in [6.45, 7) is 8.31. The predicted molar refractivity (Wildman–Crippen MR) is 99.7 cm³/mol. The molecule has 2 amide bonds. The molecule has 5 heteroatoms. The number of carbonyl (C=O) groups is 1. The van der Waals surface area contributed by atoms with E-state index in [1.807, 2.05) is 16.7 Å². The van der Waals surface area contributed by atoms with Gasteiger partial charge in [-0.05, 0) is 49.4 Å². The highest BCUT2D eigenvalue weighted by atomic mass is 32.2. The van der Waals surface area contributed by atoms with Crippen LogP contribution in [0.15, 0.2) is 18.2 Å². The zero-order valence-electron chi connectivity index (χ0n) is 14.2. The summed E-state index contributed by atoms with van der Waals surface area (Å²) in [4.78, 5) is 16.8. The SMILES string of the molecule is Cc1cc(N2CCSCC2)ccc1NC(=O)N1CCC(C)CC1. The molecule has 0 saturated carbocycles. The minimum Gasteiger partial charge on any atom is -0.370 e. The van der Waals surface area contributed by atoms with E-state index in [-0.39, 0.29) is 6.03 Å². The molecule has 1 aromatic carbocycles. The van der Waals surface area contributed by atoms with Crippen molar-refractivity contribution >= 4 is 29.2 Å². The molecule has 23 heavy (non-hydrogen) atoms.